The van der Waals surface area contributed by atoms with Crippen LogP contribution in [-0.2, 0) is 0 Å². The molecule has 19 heavy (non-hydrogen) atoms. The van der Waals surface area contributed by atoms with Gasteiger partial charge in [0.1, 0.15) is 5.58 Å². The van der Waals surface area contributed by atoms with Crippen LogP contribution in [0.3, 0.4) is 0 Å². The Kier molecular flexibility index (Phi) is 3.03. The summed E-state index contributed by atoms with van der Waals surface area (Å²) in [5.74, 6) is 0.199. The second-order valence-corrected chi connectivity index (χ2v) is 5.29. The molecule has 3 rings (SSSR count). The summed E-state index contributed by atoms with van der Waals surface area (Å²) in [5.41, 5.74) is 6.32. The fourth-order valence-electron chi connectivity index (χ4n) is 2.83. The van der Waals surface area contributed by atoms with Gasteiger partial charge in [-0.05, 0) is 25.0 Å². The number of furan rings is 1. The predicted molar refractivity (Wildman–Crippen MR) is 73.9 cm³/mol. The van der Waals surface area contributed by atoms with E-state index in [2.05, 4.69) is 5.32 Å². The molecule has 0 spiro atoms. The molecular weight excluding hydrogens is 240 g/mol. The zero-order valence-corrected chi connectivity index (χ0v) is 10.8. The summed E-state index contributed by atoms with van der Waals surface area (Å²) in [6, 6.07) is 9.40. The topological polar surface area (TPSA) is 68.3 Å². The first kappa shape index (κ1) is 12.2. The second-order valence-electron chi connectivity index (χ2n) is 5.29. The highest BCUT2D eigenvalue weighted by molar-refractivity contribution is 5.96. The van der Waals surface area contributed by atoms with Gasteiger partial charge in [-0.3, -0.25) is 4.79 Å². The summed E-state index contributed by atoms with van der Waals surface area (Å²) in [4.78, 5) is 12.3. The van der Waals surface area contributed by atoms with Crippen LogP contribution in [0, 0.1) is 0 Å². The van der Waals surface area contributed by atoms with Crippen LogP contribution in [0.5, 0.6) is 0 Å². The number of hydrogen-bond acceptors (Lipinski definition) is 3. The van der Waals surface area contributed by atoms with Crippen molar-refractivity contribution in [1.82, 2.24) is 5.32 Å². The first-order chi connectivity index (χ1) is 9.22. The van der Waals surface area contributed by atoms with Crippen LogP contribution >= 0.6 is 0 Å². The molecule has 0 radical (unpaired) electrons. The van der Waals surface area contributed by atoms with Crippen molar-refractivity contribution in [2.45, 2.75) is 31.2 Å². The van der Waals surface area contributed by atoms with E-state index in [1.807, 2.05) is 24.3 Å². The summed E-state index contributed by atoms with van der Waals surface area (Å²) in [6.07, 6.45) is 4.15. The number of amides is 1. The molecule has 0 aliphatic heterocycles. The van der Waals surface area contributed by atoms with Crippen molar-refractivity contribution in [3.05, 3.63) is 36.1 Å². The zero-order chi connectivity index (χ0) is 13.3. The van der Waals surface area contributed by atoms with Crippen molar-refractivity contribution in [3.63, 3.8) is 0 Å². The molecule has 1 aromatic carbocycles. The van der Waals surface area contributed by atoms with E-state index in [0.717, 1.165) is 36.7 Å². The third-order valence-electron chi connectivity index (χ3n) is 3.98. The van der Waals surface area contributed by atoms with E-state index in [0.29, 0.717) is 12.3 Å². The number of hydrogen-bond donors (Lipinski definition) is 2. The van der Waals surface area contributed by atoms with Gasteiger partial charge in [-0.2, -0.15) is 0 Å². The molecule has 2 aromatic rings. The zero-order valence-electron chi connectivity index (χ0n) is 10.8. The molecular formula is C15H18N2O2. The fourth-order valence-corrected chi connectivity index (χ4v) is 2.83. The van der Waals surface area contributed by atoms with E-state index in [1.54, 1.807) is 6.07 Å². The fraction of sp³-hybridized carbons (Fsp3) is 0.400. The van der Waals surface area contributed by atoms with Gasteiger partial charge in [0, 0.05) is 11.9 Å². The van der Waals surface area contributed by atoms with Gasteiger partial charge in [0.25, 0.3) is 5.91 Å². The van der Waals surface area contributed by atoms with Crippen LogP contribution < -0.4 is 11.1 Å². The van der Waals surface area contributed by atoms with Gasteiger partial charge in [0.2, 0.25) is 0 Å². The Morgan fingerprint density at radius 1 is 1.32 bits per heavy atom. The van der Waals surface area contributed by atoms with Crippen LogP contribution in [0.1, 0.15) is 36.2 Å². The van der Waals surface area contributed by atoms with Crippen molar-refractivity contribution < 1.29 is 9.21 Å². The third kappa shape index (κ3) is 2.24. The number of nitrogens with two attached hydrogens (primary N) is 1. The minimum Gasteiger partial charge on any atom is -0.451 e. The van der Waals surface area contributed by atoms with Gasteiger partial charge in [-0.15, -0.1) is 0 Å². The van der Waals surface area contributed by atoms with E-state index in [1.165, 1.54) is 0 Å². The number of carbonyl (C=O) groups excluding carboxylic acids is 1. The molecule has 1 aromatic heterocycles. The number of nitrogens with one attached hydrogen (secondary N) is 1. The van der Waals surface area contributed by atoms with Crippen LogP contribution in [-0.4, -0.2) is 18.0 Å². The lowest BCUT2D eigenvalue weighted by Crippen LogP contribution is -2.51. The molecule has 0 unspecified atom stereocenters. The Morgan fingerprint density at radius 3 is 2.74 bits per heavy atom. The van der Waals surface area contributed by atoms with Gasteiger partial charge >= 0.3 is 0 Å². The molecule has 1 amide bonds. The van der Waals surface area contributed by atoms with Gasteiger partial charge in [-0.1, -0.05) is 31.0 Å². The SMILES string of the molecule is NCC1(NC(=O)c2cc3ccccc3o2)CCCC1. The summed E-state index contributed by atoms with van der Waals surface area (Å²) in [5, 5.41) is 4.01. The predicted octanol–water partition coefficient (Wildman–Crippen LogP) is 2.43. The lowest BCUT2D eigenvalue weighted by molar-refractivity contribution is 0.0876. The average Bonchev–Trinajstić information content (AvgIpc) is 3.05. The number of benzene rings is 1. The molecule has 1 aliphatic carbocycles. The van der Waals surface area contributed by atoms with Crippen LogP contribution in [0.25, 0.3) is 11.0 Å². The molecule has 1 heterocycles. The average molecular weight is 258 g/mol. The first-order valence-corrected chi connectivity index (χ1v) is 6.74. The molecule has 0 bridgehead atoms. The standard InChI is InChI=1S/C15H18N2O2/c16-10-15(7-3-4-8-15)17-14(18)13-9-11-5-1-2-6-12(11)19-13/h1-2,5-6,9H,3-4,7-8,10,16H2,(H,17,18). The maximum Gasteiger partial charge on any atom is 0.287 e. The highest BCUT2D eigenvalue weighted by Gasteiger charge is 2.34. The van der Waals surface area contributed by atoms with Crippen molar-refractivity contribution in [3.8, 4) is 0 Å². The van der Waals surface area contributed by atoms with E-state index in [4.69, 9.17) is 10.2 Å². The van der Waals surface area contributed by atoms with E-state index < -0.39 is 0 Å². The summed E-state index contributed by atoms with van der Waals surface area (Å²) < 4.78 is 5.58. The van der Waals surface area contributed by atoms with E-state index >= 15 is 0 Å². The number of rotatable bonds is 3. The lowest BCUT2D eigenvalue weighted by atomic mass is 9.98. The summed E-state index contributed by atoms with van der Waals surface area (Å²) >= 11 is 0. The van der Waals surface area contributed by atoms with Gasteiger partial charge in [0.15, 0.2) is 5.76 Å². The van der Waals surface area contributed by atoms with Crippen molar-refractivity contribution in [1.29, 1.82) is 0 Å². The van der Waals surface area contributed by atoms with Gasteiger partial charge in [-0.25, -0.2) is 0 Å². The monoisotopic (exact) mass is 258 g/mol. The van der Waals surface area contributed by atoms with Crippen LogP contribution in [0.4, 0.5) is 0 Å². The highest BCUT2D eigenvalue weighted by atomic mass is 16.3. The number of fused-ring (bicyclic) bond motifs is 1. The third-order valence-corrected chi connectivity index (χ3v) is 3.98. The number of carbonyl (C=O) groups is 1. The molecule has 1 aliphatic rings. The normalized spacial score (nSPS) is 17.7. The van der Waals surface area contributed by atoms with Gasteiger partial charge < -0.3 is 15.5 Å². The Balaban J connectivity index is 1.83. The smallest absolute Gasteiger partial charge is 0.287 e. The van der Waals surface area contributed by atoms with E-state index in [-0.39, 0.29) is 11.4 Å². The molecule has 1 saturated carbocycles. The summed E-state index contributed by atoms with van der Waals surface area (Å²) in [7, 11) is 0. The first-order valence-electron chi connectivity index (χ1n) is 6.74. The Labute approximate surface area is 112 Å². The molecule has 100 valence electrons. The molecule has 0 atom stereocenters. The van der Waals surface area contributed by atoms with Crippen molar-refractivity contribution >= 4 is 16.9 Å². The van der Waals surface area contributed by atoms with Gasteiger partial charge in [0.05, 0.1) is 5.54 Å². The second kappa shape index (κ2) is 4.70. The van der Waals surface area contributed by atoms with Crippen molar-refractivity contribution in [2.75, 3.05) is 6.54 Å². The Morgan fingerprint density at radius 2 is 2.05 bits per heavy atom. The number of para-hydroxylation sites is 1. The largest absolute Gasteiger partial charge is 0.451 e. The molecule has 4 nitrogen and oxygen atoms in total. The molecule has 1 fully saturated rings. The quantitative estimate of drug-likeness (QED) is 0.888. The minimum atomic E-state index is -0.240. The minimum absolute atomic E-state index is 0.163. The van der Waals surface area contributed by atoms with Crippen LogP contribution in [0.15, 0.2) is 34.7 Å². The van der Waals surface area contributed by atoms with Crippen molar-refractivity contribution in [2.24, 2.45) is 5.73 Å². The lowest BCUT2D eigenvalue weighted by Gasteiger charge is -2.28. The molecule has 0 saturated heterocycles. The molecule has 3 N–H and O–H groups in total. The summed E-state index contributed by atoms with van der Waals surface area (Å²) in [6.45, 7) is 0.485. The van der Waals surface area contributed by atoms with Crippen LogP contribution in [0.2, 0.25) is 0 Å². The maximum atomic E-state index is 12.3. The Hall–Kier alpha value is -1.81. The highest BCUT2D eigenvalue weighted by Crippen LogP contribution is 2.29. The molecule has 4 heteroatoms. The Bertz CT molecular complexity index is 564. The maximum absolute atomic E-state index is 12.3. The van der Waals surface area contributed by atoms with E-state index in [9.17, 15) is 4.79 Å².